The third-order valence-corrected chi connectivity index (χ3v) is 7.70. The largest absolute Gasteiger partial charge is 0.326 e. The molecule has 0 aromatic heterocycles. The molecule has 0 saturated carbocycles. The van der Waals surface area contributed by atoms with E-state index in [9.17, 15) is 13.2 Å². The average Bonchev–Trinajstić information content (AvgIpc) is 2.74. The average molecular weight is 435 g/mol. The van der Waals surface area contributed by atoms with Crippen LogP contribution < -0.4 is 5.32 Å². The molecule has 1 N–H and O–H groups in total. The Labute approximate surface area is 178 Å². The van der Waals surface area contributed by atoms with Crippen molar-refractivity contribution in [2.75, 3.05) is 18.4 Å². The molecule has 0 spiro atoms. The second kappa shape index (κ2) is 9.28. The van der Waals surface area contributed by atoms with E-state index < -0.39 is 10.0 Å². The fraction of sp³-hybridized carbons (Fsp3) is 0.409. The number of rotatable bonds is 6. The summed E-state index contributed by atoms with van der Waals surface area (Å²) in [7, 11) is -3.64. The van der Waals surface area contributed by atoms with Gasteiger partial charge in [-0.15, -0.1) is 0 Å². The van der Waals surface area contributed by atoms with Gasteiger partial charge < -0.3 is 5.32 Å². The number of benzene rings is 2. The first-order valence-corrected chi connectivity index (χ1v) is 11.8. The number of nitrogens with zero attached hydrogens (tertiary/aromatic N) is 1. The molecule has 156 valence electrons. The minimum Gasteiger partial charge on any atom is -0.326 e. The molecule has 1 saturated heterocycles. The van der Waals surface area contributed by atoms with Crippen LogP contribution in [0.1, 0.15) is 44.6 Å². The maximum Gasteiger partial charge on any atom is 0.243 e. The SMILES string of the molecule is CC[C@@H](C)c1ccc(NC(=O)[C@@H]2CCCN(S(=O)(=O)c3ccc(Cl)cc3)C2)cc1. The van der Waals surface area contributed by atoms with Crippen LogP contribution in [0, 0.1) is 5.92 Å². The van der Waals surface area contributed by atoms with Crippen LogP contribution in [0.3, 0.4) is 0 Å². The number of hydrogen-bond acceptors (Lipinski definition) is 3. The van der Waals surface area contributed by atoms with Crippen LogP contribution in [-0.4, -0.2) is 31.7 Å². The first-order chi connectivity index (χ1) is 13.8. The van der Waals surface area contributed by atoms with Crippen molar-refractivity contribution in [1.29, 1.82) is 0 Å². The summed E-state index contributed by atoms with van der Waals surface area (Å²) >= 11 is 5.86. The number of piperidine rings is 1. The molecule has 1 aliphatic rings. The summed E-state index contributed by atoms with van der Waals surface area (Å²) in [6.07, 6.45) is 2.38. The highest BCUT2D eigenvalue weighted by Crippen LogP contribution is 2.26. The van der Waals surface area contributed by atoms with E-state index in [-0.39, 0.29) is 23.3 Å². The van der Waals surface area contributed by atoms with E-state index in [2.05, 4.69) is 19.2 Å². The van der Waals surface area contributed by atoms with Crippen molar-refractivity contribution in [2.45, 2.75) is 43.9 Å². The maximum absolute atomic E-state index is 12.9. The van der Waals surface area contributed by atoms with Crippen molar-refractivity contribution in [1.82, 2.24) is 4.31 Å². The van der Waals surface area contributed by atoms with E-state index >= 15 is 0 Å². The fourth-order valence-electron chi connectivity index (χ4n) is 3.51. The molecular weight excluding hydrogens is 408 g/mol. The van der Waals surface area contributed by atoms with Crippen molar-refractivity contribution >= 4 is 33.2 Å². The van der Waals surface area contributed by atoms with Gasteiger partial charge in [-0.25, -0.2) is 8.42 Å². The number of nitrogens with one attached hydrogen (secondary N) is 1. The minimum absolute atomic E-state index is 0.141. The Kier molecular flexibility index (Phi) is 6.98. The quantitative estimate of drug-likeness (QED) is 0.703. The smallest absolute Gasteiger partial charge is 0.243 e. The van der Waals surface area contributed by atoms with Crippen molar-refractivity contribution in [3.63, 3.8) is 0 Å². The Morgan fingerprint density at radius 1 is 1.17 bits per heavy atom. The summed E-state index contributed by atoms with van der Waals surface area (Å²) in [6.45, 7) is 4.92. The number of hydrogen-bond donors (Lipinski definition) is 1. The van der Waals surface area contributed by atoms with Crippen LogP contribution in [0.4, 0.5) is 5.69 Å². The number of anilines is 1. The molecular formula is C22H27ClN2O3S. The van der Waals surface area contributed by atoms with Crippen molar-refractivity contribution in [3.8, 4) is 0 Å². The Balaban J connectivity index is 1.67. The topological polar surface area (TPSA) is 66.5 Å². The molecule has 5 nitrogen and oxygen atoms in total. The lowest BCUT2D eigenvalue weighted by molar-refractivity contribution is -0.120. The summed E-state index contributed by atoms with van der Waals surface area (Å²) in [6, 6.07) is 14.0. The van der Waals surface area contributed by atoms with Crippen molar-refractivity contribution in [2.24, 2.45) is 5.92 Å². The predicted molar refractivity (Wildman–Crippen MR) is 117 cm³/mol. The molecule has 1 fully saturated rings. The summed E-state index contributed by atoms with van der Waals surface area (Å²) < 4.78 is 27.2. The van der Waals surface area contributed by atoms with Gasteiger partial charge in [0.2, 0.25) is 15.9 Å². The number of halogens is 1. The molecule has 2 aromatic carbocycles. The van der Waals surface area contributed by atoms with E-state index in [0.717, 1.165) is 12.1 Å². The molecule has 2 atom stereocenters. The highest BCUT2D eigenvalue weighted by atomic mass is 35.5. The van der Waals surface area contributed by atoms with Gasteiger partial charge in [-0.2, -0.15) is 4.31 Å². The molecule has 7 heteroatoms. The zero-order valence-electron chi connectivity index (χ0n) is 16.8. The number of carbonyl (C=O) groups is 1. The van der Waals surface area contributed by atoms with Crippen LogP contribution in [-0.2, 0) is 14.8 Å². The second-order valence-electron chi connectivity index (χ2n) is 7.58. The normalized spacial score (nSPS) is 18.9. The van der Waals surface area contributed by atoms with Gasteiger partial charge in [0.05, 0.1) is 10.8 Å². The Bertz CT molecular complexity index is 943. The van der Waals surface area contributed by atoms with Crippen LogP contribution in [0.2, 0.25) is 5.02 Å². The van der Waals surface area contributed by atoms with Crippen LogP contribution in [0.15, 0.2) is 53.4 Å². The monoisotopic (exact) mass is 434 g/mol. The molecule has 3 rings (SSSR count). The predicted octanol–water partition coefficient (Wildman–Crippen LogP) is 4.89. The zero-order valence-corrected chi connectivity index (χ0v) is 18.3. The Morgan fingerprint density at radius 2 is 1.83 bits per heavy atom. The van der Waals surface area contributed by atoms with E-state index in [4.69, 9.17) is 11.6 Å². The standard InChI is InChI=1S/C22H27ClN2O3S/c1-3-16(2)17-6-10-20(11-7-17)24-22(26)18-5-4-14-25(15-18)29(27,28)21-12-8-19(23)9-13-21/h6-13,16,18H,3-5,14-15H2,1-2H3,(H,24,26)/t16-,18-/m1/s1. The molecule has 0 aliphatic carbocycles. The molecule has 2 aromatic rings. The second-order valence-corrected chi connectivity index (χ2v) is 9.95. The minimum atomic E-state index is -3.64. The van der Waals surface area contributed by atoms with Crippen molar-refractivity contribution < 1.29 is 13.2 Å². The highest BCUT2D eigenvalue weighted by Gasteiger charge is 2.33. The molecule has 0 bridgehead atoms. The molecule has 1 heterocycles. The first-order valence-electron chi connectivity index (χ1n) is 9.97. The Morgan fingerprint density at radius 3 is 2.45 bits per heavy atom. The maximum atomic E-state index is 12.9. The molecule has 0 radical (unpaired) electrons. The van der Waals surface area contributed by atoms with Crippen LogP contribution >= 0.6 is 11.6 Å². The first kappa shape index (κ1) is 21.8. The molecule has 1 aliphatic heterocycles. The molecule has 1 amide bonds. The zero-order chi connectivity index (χ0) is 21.0. The van der Waals surface area contributed by atoms with Gasteiger partial charge in [0, 0.05) is 23.8 Å². The number of sulfonamides is 1. The van der Waals surface area contributed by atoms with E-state index in [1.54, 1.807) is 12.1 Å². The number of carbonyl (C=O) groups excluding carboxylic acids is 1. The van der Waals surface area contributed by atoms with Gasteiger partial charge in [0.15, 0.2) is 0 Å². The van der Waals surface area contributed by atoms with Gasteiger partial charge in [0.25, 0.3) is 0 Å². The van der Waals surface area contributed by atoms with E-state index in [1.165, 1.54) is 22.0 Å². The fourth-order valence-corrected chi connectivity index (χ4v) is 5.16. The lowest BCUT2D eigenvalue weighted by Gasteiger charge is -2.31. The van der Waals surface area contributed by atoms with Crippen molar-refractivity contribution in [3.05, 3.63) is 59.1 Å². The summed E-state index contributed by atoms with van der Waals surface area (Å²) in [5.41, 5.74) is 1.98. The van der Waals surface area contributed by atoms with Crippen LogP contribution in [0.25, 0.3) is 0 Å². The third-order valence-electron chi connectivity index (χ3n) is 5.57. The lowest BCUT2D eigenvalue weighted by atomic mass is 9.97. The summed E-state index contributed by atoms with van der Waals surface area (Å²) in [4.78, 5) is 12.9. The molecule has 29 heavy (non-hydrogen) atoms. The Hall–Kier alpha value is -1.89. The van der Waals surface area contributed by atoms with Gasteiger partial charge in [-0.3, -0.25) is 4.79 Å². The van der Waals surface area contributed by atoms with E-state index in [1.807, 2.05) is 24.3 Å². The van der Waals surface area contributed by atoms with Gasteiger partial charge in [-0.1, -0.05) is 37.6 Å². The third kappa shape index (κ3) is 5.18. The lowest BCUT2D eigenvalue weighted by Crippen LogP contribution is -2.43. The highest BCUT2D eigenvalue weighted by molar-refractivity contribution is 7.89. The summed E-state index contributed by atoms with van der Waals surface area (Å²) in [5, 5.41) is 3.42. The number of amides is 1. The van der Waals surface area contributed by atoms with Gasteiger partial charge in [-0.05, 0) is 67.1 Å². The van der Waals surface area contributed by atoms with E-state index in [0.29, 0.717) is 30.3 Å². The van der Waals surface area contributed by atoms with Gasteiger partial charge in [0.1, 0.15) is 0 Å². The van der Waals surface area contributed by atoms with Crippen LogP contribution in [0.5, 0.6) is 0 Å². The summed E-state index contributed by atoms with van der Waals surface area (Å²) in [5.74, 6) is -0.0397. The van der Waals surface area contributed by atoms with Gasteiger partial charge >= 0.3 is 0 Å². The molecule has 0 unspecified atom stereocenters.